The van der Waals surface area contributed by atoms with Crippen molar-refractivity contribution in [1.82, 2.24) is 10.6 Å². The summed E-state index contributed by atoms with van der Waals surface area (Å²) < 4.78 is 5.14. The molecule has 0 bridgehead atoms. The molecule has 2 aromatic carbocycles. The molecule has 0 heterocycles. The largest absolute Gasteiger partial charge is 0.497 e. The number of aryl methyl sites for hydroxylation is 1. The Balaban J connectivity index is 1.80. The first kappa shape index (κ1) is 19.8. The van der Waals surface area contributed by atoms with Gasteiger partial charge in [0.15, 0.2) is 5.96 Å². The first-order valence-electron chi connectivity index (χ1n) is 9.11. The fraction of sp³-hybridized carbons (Fsp3) is 0.381. The SMILES string of the molecule is CCNC(=NCC(O)c1ccc(OC)cc1)NCCCc1ccccc1. The molecule has 5 heteroatoms. The number of hydrogen-bond acceptors (Lipinski definition) is 3. The van der Waals surface area contributed by atoms with E-state index in [9.17, 15) is 5.11 Å². The highest BCUT2D eigenvalue weighted by Gasteiger charge is 2.07. The van der Waals surface area contributed by atoms with Crippen LogP contribution in [-0.2, 0) is 6.42 Å². The molecular weight excluding hydrogens is 326 g/mol. The zero-order chi connectivity index (χ0) is 18.6. The lowest BCUT2D eigenvalue weighted by Crippen LogP contribution is -2.38. The molecule has 0 aliphatic rings. The van der Waals surface area contributed by atoms with Gasteiger partial charge in [-0.05, 0) is 43.0 Å². The molecule has 0 aliphatic heterocycles. The highest BCUT2D eigenvalue weighted by Crippen LogP contribution is 2.17. The Bertz CT molecular complexity index is 657. The van der Waals surface area contributed by atoms with Crippen molar-refractivity contribution in [2.75, 3.05) is 26.7 Å². The van der Waals surface area contributed by atoms with Crippen molar-refractivity contribution < 1.29 is 9.84 Å². The van der Waals surface area contributed by atoms with Crippen LogP contribution in [0.5, 0.6) is 5.75 Å². The van der Waals surface area contributed by atoms with E-state index < -0.39 is 6.10 Å². The smallest absolute Gasteiger partial charge is 0.191 e. The van der Waals surface area contributed by atoms with Crippen molar-refractivity contribution in [3.8, 4) is 5.75 Å². The van der Waals surface area contributed by atoms with Crippen LogP contribution in [0.3, 0.4) is 0 Å². The average Bonchev–Trinajstić information content (AvgIpc) is 2.70. The Morgan fingerprint density at radius 3 is 2.46 bits per heavy atom. The number of rotatable bonds is 9. The van der Waals surface area contributed by atoms with Crippen molar-refractivity contribution in [3.05, 3.63) is 65.7 Å². The van der Waals surface area contributed by atoms with Crippen molar-refractivity contribution >= 4 is 5.96 Å². The first-order chi connectivity index (χ1) is 12.7. The van der Waals surface area contributed by atoms with Crippen molar-refractivity contribution in [3.63, 3.8) is 0 Å². The van der Waals surface area contributed by atoms with Crippen LogP contribution in [0.1, 0.15) is 30.6 Å². The number of aliphatic hydroxyl groups excluding tert-OH is 1. The topological polar surface area (TPSA) is 65.9 Å². The molecule has 0 fully saturated rings. The van der Waals surface area contributed by atoms with E-state index in [0.717, 1.165) is 43.2 Å². The van der Waals surface area contributed by atoms with Gasteiger partial charge in [-0.3, -0.25) is 4.99 Å². The summed E-state index contributed by atoms with van der Waals surface area (Å²) in [7, 11) is 1.63. The number of methoxy groups -OCH3 is 1. The molecule has 0 spiro atoms. The van der Waals surface area contributed by atoms with E-state index in [0.29, 0.717) is 6.54 Å². The Morgan fingerprint density at radius 1 is 1.08 bits per heavy atom. The van der Waals surface area contributed by atoms with Gasteiger partial charge in [0.25, 0.3) is 0 Å². The number of aliphatic imine (C=N–C) groups is 1. The third-order valence-electron chi connectivity index (χ3n) is 4.04. The summed E-state index contributed by atoms with van der Waals surface area (Å²) in [5.74, 6) is 1.51. The van der Waals surface area contributed by atoms with Crippen molar-refractivity contribution in [1.29, 1.82) is 0 Å². The van der Waals surface area contributed by atoms with Gasteiger partial charge in [-0.1, -0.05) is 42.5 Å². The van der Waals surface area contributed by atoms with E-state index in [2.05, 4.69) is 39.9 Å². The highest BCUT2D eigenvalue weighted by atomic mass is 16.5. The molecule has 3 N–H and O–H groups in total. The number of hydrogen-bond donors (Lipinski definition) is 3. The molecule has 0 aromatic heterocycles. The summed E-state index contributed by atoms with van der Waals surface area (Å²) in [6.07, 6.45) is 1.41. The summed E-state index contributed by atoms with van der Waals surface area (Å²) in [6, 6.07) is 17.9. The maximum Gasteiger partial charge on any atom is 0.191 e. The lowest BCUT2D eigenvalue weighted by Gasteiger charge is -2.13. The van der Waals surface area contributed by atoms with E-state index >= 15 is 0 Å². The Kier molecular flexibility index (Phi) is 8.49. The number of ether oxygens (including phenoxy) is 1. The molecule has 0 amide bonds. The minimum atomic E-state index is -0.638. The van der Waals surface area contributed by atoms with E-state index in [4.69, 9.17) is 4.74 Å². The van der Waals surface area contributed by atoms with Gasteiger partial charge >= 0.3 is 0 Å². The molecule has 2 rings (SSSR count). The molecule has 2 aromatic rings. The maximum atomic E-state index is 10.3. The van der Waals surface area contributed by atoms with Gasteiger partial charge in [-0.2, -0.15) is 0 Å². The lowest BCUT2D eigenvalue weighted by atomic mass is 10.1. The Labute approximate surface area is 156 Å². The summed E-state index contributed by atoms with van der Waals surface area (Å²) in [5.41, 5.74) is 2.17. The fourth-order valence-corrected chi connectivity index (χ4v) is 2.59. The van der Waals surface area contributed by atoms with E-state index in [1.54, 1.807) is 7.11 Å². The van der Waals surface area contributed by atoms with Gasteiger partial charge in [-0.25, -0.2) is 0 Å². The molecule has 1 atom stereocenters. The van der Waals surface area contributed by atoms with E-state index in [-0.39, 0.29) is 0 Å². The summed E-state index contributed by atoms with van der Waals surface area (Å²) in [6.45, 7) is 3.95. The zero-order valence-corrected chi connectivity index (χ0v) is 15.6. The molecule has 0 saturated heterocycles. The second-order valence-corrected chi connectivity index (χ2v) is 6.02. The standard InChI is InChI=1S/C21H29N3O2/c1-3-22-21(23-15-7-10-17-8-5-4-6-9-17)24-16-20(25)18-11-13-19(26-2)14-12-18/h4-6,8-9,11-14,20,25H,3,7,10,15-16H2,1-2H3,(H2,22,23,24). The van der Waals surface area contributed by atoms with Crippen molar-refractivity contribution in [2.45, 2.75) is 25.9 Å². The monoisotopic (exact) mass is 355 g/mol. The minimum Gasteiger partial charge on any atom is -0.497 e. The Morgan fingerprint density at radius 2 is 1.81 bits per heavy atom. The highest BCUT2D eigenvalue weighted by molar-refractivity contribution is 5.79. The molecule has 0 saturated carbocycles. The molecule has 1 unspecified atom stereocenters. The average molecular weight is 355 g/mol. The number of aliphatic hydroxyl groups is 1. The quantitative estimate of drug-likeness (QED) is 0.368. The predicted octanol–water partition coefficient (Wildman–Crippen LogP) is 2.92. The van der Waals surface area contributed by atoms with Gasteiger partial charge in [-0.15, -0.1) is 0 Å². The second-order valence-electron chi connectivity index (χ2n) is 6.02. The number of nitrogens with zero attached hydrogens (tertiary/aromatic N) is 1. The van der Waals surface area contributed by atoms with Gasteiger partial charge < -0.3 is 20.5 Å². The van der Waals surface area contributed by atoms with Crippen LogP contribution in [0, 0.1) is 0 Å². The van der Waals surface area contributed by atoms with Crippen LogP contribution in [0.2, 0.25) is 0 Å². The normalized spacial score (nSPS) is 12.5. The van der Waals surface area contributed by atoms with Crippen LogP contribution < -0.4 is 15.4 Å². The first-order valence-corrected chi connectivity index (χ1v) is 9.11. The van der Waals surface area contributed by atoms with Gasteiger partial charge in [0, 0.05) is 13.1 Å². The third-order valence-corrected chi connectivity index (χ3v) is 4.04. The molecule has 26 heavy (non-hydrogen) atoms. The van der Waals surface area contributed by atoms with Crippen LogP contribution in [0.15, 0.2) is 59.6 Å². The van der Waals surface area contributed by atoms with Gasteiger partial charge in [0.1, 0.15) is 5.75 Å². The van der Waals surface area contributed by atoms with Crippen molar-refractivity contribution in [2.24, 2.45) is 4.99 Å². The third kappa shape index (κ3) is 6.76. The number of benzene rings is 2. The summed E-state index contributed by atoms with van der Waals surface area (Å²) >= 11 is 0. The predicted molar refractivity (Wildman–Crippen MR) is 107 cm³/mol. The summed E-state index contributed by atoms with van der Waals surface area (Å²) in [4.78, 5) is 4.49. The zero-order valence-electron chi connectivity index (χ0n) is 15.6. The van der Waals surface area contributed by atoms with E-state index in [1.807, 2.05) is 37.3 Å². The van der Waals surface area contributed by atoms with Gasteiger partial charge in [0.2, 0.25) is 0 Å². The van der Waals surface area contributed by atoms with Crippen LogP contribution in [-0.4, -0.2) is 37.8 Å². The fourth-order valence-electron chi connectivity index (χ4n) is 2.59. The maximum absolute atomic E-state index is 10.3. The lowest BCUT2D eigenvalue weighted by molar-refractivity contribution is 0.187. The molecule has 140 valence electrons. The second kappa shape index (κ2) is 11.2. The van der Waals surface area contributed by atoms with Crippen LogP contribution in [0.4, 0.5) is 0 Å². The van der Waals surface area contributed by atoms with Crippen LogP contribution in [0.25, 0.3) is 0 Å². The number of nitrogens with one attached hydrogen (secondary N) is 2. The van der Waals surface area contributed by atoms with E-state index in [1.165, 1.54) is 5.56 Å². The Hall–Kier alpha value is -2.53. The molecule has 0 radical (unpaired) electrons. The molecule has 5 nitrogen and oxygen atoms in total. The van der Waals surface area contributed by atoms with Gasteiger partial charge in [0.05, 0.1) is 19.8 Å². The van der Waals surface area contributed by atoms with Crippen LogP contribution >= 0.6 is 0 Å². The molecule has 0 aliphatic carbocycles. The summed E-state index contributed by atoms with van der Waals surface area (Å²) in [5, 5.41) is 16.9. The molecular formula is C21H29N3O2. The number of guanidine groups is 1. The minimum absolute atomic E-state index is 0.306.